The molecule has 1 saturated carbocycles. The molecule has 3 N–H and O–H groups in total. The second kappa shape index (κ2) is 8.14. The zero-order chi connectivity index (χ0) is 24.2. The summed E-state index contributed by atoms with van der Waals surface area (Å²) < 4.78 is 5.26. The highest BCUT2D eigenvalue weighted by Crippen LogP contribution is 2.65. The van der Waals surface area contributed by atoms with Crippen molar-refractivity contribution in [2.24, 2.45) is 23.2 Å². The van der Waals surface area contributed by atoms with Gasteiger partial charge in [-0.15, -0.1) is 0 Å². The van der Waals surface area contributed by atoms with Crippen molar-refractivity contribution in [3.8, 4) is 5.75 Å². The molecule has 1 aliphatic carbocycles. The van der Waals surface area contributed by atoms with Gasteiger partial charge in [-0.05, 0) is 48.3 Å². The molecule has 2 aromatic rings. The number of nitrogens with zero attached hydrogens (tertiary/aromatic N) is 1. The number of piperidine rings is 1. The van der Waals surface area contributed by atoms with E-state index in [0.29, 0.717) is 37.2 Å². The van der Waals surface area contributed by atoms with Crippen LogP contribution in [0.3, 0.4) is 0 Å². The fraction of sp³-hybridized carbons (Fsp3) is 0.520. The highest BCUT2D eigenvalue weighted by molar-refractivity contribution is 6.01. The second-order valence-electron chi connectivity index (χ2n) is 10.3. The Bertz CT molecular complexity index is 1170. The Morgan fingerprint density at radius 1 is 1.32 bits per heavy atom. The van der Waals surface area contributed by atoms with Gasteiger partial charge < -0.3 is 30.0 Å². The van der Waals surface area contributed by atoms with Gasteiger partial charge in [0.25, 0.3) is 5.91 Å². The van der Waals surface area contributed by atoms with Gasteiger partial charge in [-0.25, -0.2) is 0 Å². The summed E-state index contributed by atoms with van der Waals surface area (Å²) in [6.45, 7) is 5.30. The van der Waals surface area contributed by atoms with E-state index < -0.39 is 12.1 Å². The van der Waals surface area contributed by atoms with E-state index >= 15 is 0 Å². The zero-order valence-corrected chi connectivity index (χ0v) is 19.6. The number of carbonyl (C=O) groups excluding carboxylic acids is 4. The summed E-state index contributed by atoms with van der Waals surface area (Å²) >= 11 is 0. The number of nitrogens with one attached hydrogen (secondary N) is 3. The van der Waals surface area contributed by atoms with Crippen LogP contribution in [0.1, 0.15) is 37.2 Å². The largest absolute Gasteiger partial charge is 0.497 e. The predicted octanol–water partition coefficient (Wildman–Crippen LogP) is 1.48. The zero-order valence-electron chi connectivity index (χ0n) is 19.6. The van der Waals surface area contributed by atoms with Gasteiger partial charge in [-0.2, -0.15) is 0 Å². The number of aldehydes is 1. The van der Waals surface area contributed by atoms with Crippen LogP contribution >= 0.6 is 0 Å². The number of hydrogen-bond donors (Lipinski definition) is 3. The van der Waals surface area contributed by atoms with Crippen LogP contribution in [-0.4, -0.2) is 66.2 Å². The van der Waals surface area contributed by atoms with Gasteiger partial charge in [0.1, 0.15) is 23.8 Å². The summed E-state index contributed by atoms with van der Waals surface area (Å²) in [5.41, 5.74) is 1.15. The van der Waals surface area contributed by atoms with Crippen molar-refractivity contribution in [2.45, 2.75) is 38.8 Å². The highest BCUT2D eigenvalue weighted by Gasteiger charge is 2.69. The van der Waals surface area contributed by atoms with E-state index in [1.807, 2.05) is 18.2 Å². The number of likely N-dealkylation sites (tertiary alicyclic amines) is 1. The molecule has 3 fully saturated rings. The summed E-state index contributed by atoms with van der Waals surface area (Å²) in [5.74, 6) is -0.000643. The standard InChI is InChI=1S/C25H30N4O5/c1-25(2)17-11-29(24(33)19-9-13-4-5-16(34-3)10-18(13)28-19)21(20(17)25)23(32)27-15(12-30)8-14-6-7-26-22(14)31/h4-5,9-10,12,14-15,17,20-21,28H,6-8,11H2,1-3H3,(H,26,31)(H,27,32)/t14-,15-,17-,20-,21-/m0/s1. The van der Waals surface area contributed by atoms with Gasteiger partial charge in [-0.1, -0.05) is 13.8 Å². The number of benzene rings is 1. The molecule has 1 aromatic carbocycles. The first-order valence-electron chi connectivity index (χ1n) is 11.8. The number of H-pyrrole nitrogens is 1. The van der Waals surface area contributed by atoms with Crippen molar-refractivity contribution >= 4 is 34.9 Å². The third kappa shape index (κ3) is 3.63. The Morgan fingerprint density at radius 3 is 2.79 bits per heavy atom. The van der Waals surface area contributed by atoms with Gasteiger partial charge >= 0.3 is 0 Å². The first-order valence-corrected chi connectivity index (χ1v) is 11.8. The number of rotatable bonds is 7. The van der Waals surface area contributed by atoms with Crippen molar-refractivity contribution < 1.29 is 23.9 Å². The Labute approximate surface area is 197 Å². The van der Waals surface area contributed by atoms with Gasteiger partial charge in [0.15, 0.2) is 0 Å². The number of aromatic nitrogens is 1. The molecule has 3 heterocycles. The SMILES string of the molecule is COc1ccc2cc(C(=O)N3C[C@H]4[C@@H]([C@H]3C(=O)N[C@H](C=O)C[C@@H]3CCNC3=O)C4(C)C)[nH]c2c1. The predicted molar refractivity (Wildman–Crippen MR) is 124 cm³/mol. The number of methoxy groups -OCH3 is 1. The Hall–Kier alpha value is -3.36. The average molecular weight is 467 g/mol. The first-order chi connectivity index (χ1) is 16.2. The normalized spacial score (nSPS) is 27.7. The molecule has 5 atom stereocenters. The highest BCUT2D eigenvalue weighted by atomic mass is 16.5. The maximum Gasteiger partial charge on any atom is 0.271 e. The van der Waals surface area contributed by atoms with Crippen LogP contribution in [0.15, 0.2) is 24.3 Å². The van der Waals surface area contributed by atoms with E-state index in [4.69, 9.17) is 4.74 Å². The number of fused-ring (bicyclic) bond motifs is 2. The van der Waals surface area contributed by atoms with E-state index in [2.05, 4.69) is 29.5 Å². The molecule has 2 aliphatic heterocycles. The number of amides is 3. The average Bonchev–Trinajstić information content (AvgIpc) is 3.32. The number of carbonyl (C=O) groups is 4. The van der Waals surface area contributed by atoms with Crippen molar-refractivity contribution in [2.75, 3.05) is 20.2 Å². The second-order valence-corrected chi connectivity index (χ2v) is 10.3. The molecule has 180 valence electrons. The molecule has 9 nitrogen and oxygen atoms in total. The summed E-state index contributed by atoms with van der Waals surface area (Å²) in [5, 5.41) is 6.46. The van der Waals surface area contributed by atoms with Crippen molar-refractivity contribution in [1.29, 1.82) is 0 Å². The van der Waals surface area contributed by atoms with Crippen LogP contribution in [0.4, 0.5) is 0 Å². The molecule has 34 heavy (non-hydrogen) atoms. The van der Waals surface area contributed by atoms with Gasteiger partial charge in [0.05, 0.1) is 13.2 Å². The summed E-state index contributed by atoms with van der Waals surface area (Å²) in [7, 11) is 1.59. The van der Waals surface area contributed by atoms with Crippen LogP contribution in [0, 0.1) is 23.2 Å². The maximum atomic E-state index is 13.5. The monoisotopic (exact) mass is 466 g/mol. The van der Waals surface area contributed by atoms with Crippen molar-refractivity contribution in [1.82, 2.24) is 20.5 Å². The van der Waals surface area contributed by atoms with E-state index in [0.717, 1.165) is 10.9 Å². The molecular formula is C25H30N4O5. The van der Waals surface area contributed by atoms with E-state index in [1.54, 1.807) is 18.1 Å². The summed E-state index contributed by atoms with van der Waals surface area (Å²) in [6.07, 6.45) is 1.60. The molecule has 3 amide bonds. The van der Waals surface area contributed by atoms with E-state index in [1.165, 1.54) is 0 Å². The molecule has 1 aromatic heterocycles. The lowest BCUT2D eigenvalue weighted by atomic mass is 9.97. The Morgan fingerprint density at radius 2 is 2.12 bits per heavy atom. The minimum absolute atomic E-state index is 0.0306. The van der Waals surface area contributed by atoms with Crippen molar-refractivity contribution in [3.63, 3.8) is 0 Å². The van der Waals surface area contributed by atoms with E-state index in [-0.39, 0.29) is 47.3 Å². The molecule has 0 radical (unpaired) electrons. The third-order valence-electron chi connectivity index (χ3n) is 7.99. The number of hydrogen-bond acceptors (Lipinski definition) is 5. The minimum atomic E-state index is -0.764. The maximum absolute atomic E-state index is 13.5. The lowest BCUT2D eigenvalue weighted by Gasteiger charge is -2.30. The third-order valence-corrected chi connectivity index (χ3v) is 7.99. The van der Waals surface area contributed by atoms with Crippen LogP contribution in [0.25, 0.3) is 10.9 Å². The number of aromatic amines is 1. The van der Waals surface area contributed by atoms with Crippen LogP contribution in [-0.2, 0) is 14.4 Å². The van der Waals surface area contributed by atoms with E-state index in [9.17, 15) is 19.2 Å². The molecule has 9 heteroatoms. The van der Waals surface area contributed by atoms with Crippen molar-refractivity contribution in [3.05, 3.63) is 30.0 Å². The Balaban J connectivity index is 1.36. The molecule has 5 rings (SSSR count). The number of ether oxygens (including phenoxy) is 1. The lowest BCUT2D eigenvalue weighted by molar-refractivity contribution is -0.129. The minimum Gasteiger partial charge on any atom is -0.497 e. The topological polar surface area (TPSA) is 121 Å². The van der Waals surface area contributed by atoms with Gasteiger partial charge in [-0.3, -0.25) is 14.4 Å². The molecular weight excluding hydrogens is 436 g/mol. The fourth-order valence-corrected chi connectivity index (χ4v) is 5.89. The summed E-state index contributed by atoms with van der Waals surface area (Å²) in [6, 6.07) is 5.90. The lowest BCUT2D eigenvalue weighted by Crippen LogP contribution is -2.52. The molecule has 0 unspecified atom stereocenters. The smallest absolute Gasteiger partial charge is 0.271 e. The quantitative estimate of drug-likeness (QED) is 0.534. The van der Waals surface area contributed by atoms with Gasteiger partial charge in [0.2, 0.25) is 11.8 Å². The molecule has 2 saturated heterocycles. The van der Waals surface area contributed by atoms with Crippen LogP contribution in [0.5, 0.6) is 5.75 Å². The first kappa shape index (κ1) is 22.4. The fourth-order valence-electron chi connectivity index (χ4n) is 5.89. The van der Waals surface area contributed by atoms with Crippen LogP contribution in [0.2, 0.25) is 0 Å². The molecule has 3 aliphatic rings. The molecule has 0 bridgehead atoms. The van der Waals surface area contributed by atoms with Crippen LogP contribution < -0.4 is 15.4 Å². The Kier molecular flexibility index (Phi) is 5.37. The van der Waals surface area contributed by atoms with Gasteiger partial charge in [0, 0.05) is 36.0 Å². The molecule has 0 spiro atoms. The summed E-state index contributed by atoms with van der Waals surface area (Å²) in [4.78, 5) is 55.3.